The summed E-state index contributed by atoms with van der Waals surface area (Å²) in [6, 6.07) is 7.48. The van der Waals surface area contributed by atoms with Gasteiger partial charge in [0, 0.05) is 10.9 Å². The van der Waals surface area contributed by atoms with Crippen molar-refractivity contribution in [1.29, 1.82) is 0 Å². The molecule has 0 bridgehead atoms. The lowest BCUT2D eigenvalue weighted by atomic mass is 9.96. The average molecular weight is 420 g/mol. The molecule has 10 heteroatoms. The van der Waals surface area contributed by atoms with E-state index in [0.717, 1.165) is 0 Å². The smallest absolute Gasteiger partial charge is 0.479 e. The Bertz CT molecular complexity index is 1010. The fraction of sp³-hybridized carbons (Fsp3) is 0.389. The summed E-state index contributed by atoms with van der Waals surface area (Å²) in [5.74, 6) is -2.22. The molecule has 2 aromatic carbocycles. The van der Waals surface area contributed by atoms with Crippen LogP contribution in [-0.4, -0.2) is 30.6 Å². The molecule has 2 aromatic rings. The molecule has 0 radical (unpaired) electrons. The van der Waals surface area contributed by atoms with E-state index in [1.165, 1.54) is 25.1 Å². The number of hydrogen-bond donors (Lipinski definition) is 1. The zero-order valence-corrected chi connectivity index (χ0v) is 16.3. The number of aliphatic carboxylic acids is 1. The summed E-state index contributed by atoms with van der Waals surface area (Å²) < 4.78 is 72.0. The summed E-state index contributed by atoms with van der Waals surface area (Å²) in [5.41, 5.74) is -6.75. The molecule has 2 rings (SSSR count). The Kier molecular flexibility index (Phi) is 5.69. The number of carbonyl (C=O) groups is 1. The number of halogens is 3. The second-order valence-electron chi connectivity index (χ2n) is 7.09. The van der Waals surface area contributed by atoms with Crippen LogP contribution in [0, 0.1) is 6.92 Å². The van der Waals surface area contributed by atoms with Crippen molar-refractivity contribution in [3.05, 3.63) is 41.5 Å². The van der Waals surface area contributed by atoms with Gasteiger partial charge in [0.2, 0.25) is 0 Å². The monoisotopic (exact) mass is 420 g/mol. The third-order valence-electron chi connectivity index (χ3n) is 3.68. The van der Waals surface area contributed by atoms with Gasteiger partial charge in [-0.1, -0.05) is 30.3 Å². The van der Waals surface area contributed by atoms with Gasteiger partial charge in [-0.3, -0.25) is 0 Å². The summed E-state index contributed by atoms with van der Waals surface area (Å²) in [5, 5.41) is 10.0. The molecule has 0 heterocycles. The van der Waals surface area contributed by atoms with Crippen molar-refractivity contribution in [1.82, 2.24) is 0 Å². The van der Waals surface area contributed by atoms with E-state index in [9.17, 15) is 31.5 Å². The van der Waals surface area contributed by atoms with Crippen LogP contribution in [0.15, 0.2) is 30.3 Å². The third kappa shape index (κ3) is 4.56. The second-order valence-corrected chi connectivity index (χ2v) is 8.63. The summed E-state index contributed by atoms with van der Waals surface area (Å²) in [6.45, 7) is 6.13. The van der Waals surface area contributed by atoms with Gasteiger partial charge >= 0.3 is 21.6 Å². The maximum absolute atomic E-state index is 12.9. The molecule has 6 nitrogen and oxygen atoms in total. The minimum absolute atomic E-state index is 0.0136. The topological polar surface area (TPSA) is 89.9 Å². The molecule has 0 amide bonds. The third-order valence-corrected chi connectivity index (χ3v) is 4.63. The fourth-order valence-electron chi connectivity index (χ4n) is 2.62. The number of aryl methyl sites for hydroxylation is 1. The van der Waals surface area contributed by atoms with Gasteiger partial charge in [0.1, 0.15) is 0 Å². The first-order chi connectivity index (χ1) is 12.6. The van der Waals surface area contributed by atoms with Crippen LogP contribution in [0.1, 0.15) is 38.0 Å². The largest absolute Gasteiger partial charge is 0.534 e. The van der Waals surface area contributed by atoms with E-state index in [4.69, 9.17) is 4.74 Å². The molecule has 0 fully saturated rings. The quantitative estimate of drug-likeness (QED) is 0.572. The van der Waals surface area contributed by atoms with Crippen LogP contribution in [0.4, 0.5) is 13.2 Å². The van der Waals surface area contributed by atoms with Crippen molar-refractivity contribution in [3.63, 3.8) is 0 Å². The predicted molar refractivity (Wildman–Crippen MR) is 95.5 cm³/mol. The van der Waals surface area contributed by atoms with E-state index >= 15 is 0 Å². The van der Waals surface area contributed by atoms with Crippen molar-refractivity contribution in [2.24, 2.45) is 0 Å². The molecule has 28 heavy (non-hydrogen) atoms. The van der Waals surface area contributed by atoms with Gasteiger partial charge in [-0.2, -0.15) is 21.6 Å². The number of benzene rings is 2. The van der Waals surface area contributed by atoms with Gasteiger partial charge in [-0.25, -0.2) is 4.79 Å². The Morgan fingerprint density at radius 2 is 1.71 bits per heavy atom. The first kappa shape index (κ1) is 22.0. The number of ether oxygens (including phenoxy) is 1. The van der Waals surface area contributed by atoms with Gasteiger partial charge < -0.3 is 14.0 Å². The average Bonchev–Trinajstić information content (AvgIpc) is 2.51. The standard InChI is InChI=1S/C18H19F3O6S/c1-10-9-11-7-5-6-8-12(11)14(27-28(24,25)18(19,20)21)13(10)15(16(22)23)26-17(2,3)4/h5-9,15H,1-4H3,(H,22,23). The highest BCUT2D eigenvalue weighted by atomic mass is 32.2. The molecule has 0 aromatic heterocycles. The molecule has 1 unspecified atom stereocenters. The Morgan fingerprint density at radius 1 is 1.14 bits per heavy atom. The van der Waals surface area contributed by atoms with Gasteiger partial charge in [0.05, 0.1) is 5.60 Å². The molecular weight excluding hydrogens is 401 g/mol. The van der Waals surface area contributed by atoms with Crippen LogP contribution in [-0.2, 0) is 19.6 Å². The molecule has 1 N–H and O–H groups in total. The highest BCUT2D eigenvalue weighted by Crippen LogP contribution is 2.41. The molecule has 154 valence electrons. The van der Waals surface area contributed by atoms with Gasteiger partial charge in [-0.15, -0.1) is 0 Å². The number of alkyl halides is 3. The van der Waals surface area contributed by atoms with Crippen molar-refractivity contribution < 1.29 is 40.4 Å². The lowest BCUT2D eigenvalue weighted by Crippen LogP contribution is -2.31. The minimum Gasteiger partial charge on any atom is -0.479 e. The number of carboxylic acids is 1. The van der Waals surface area contributed by atoms with E-state index in [1.54, 1.807) is 32.9 Å². The van der Waals surface area contributed by atoms with Crippen molar-refractivity contribution in [2.75, 3.05) is 0 Å². The normalized spacial score (nSPS) is 14.1. The first-order valence-corrected chi connectivity index (χ1v) is 9.48. The Hall–Kier alpha value is -2.33. The molecule has 0 aliphatic heterocycles. The van der Waals surface area contributed by atoms with Crippen molar-refractivity contribution in [2.45, 2.75) is 44.9 Å². The van der Waals surface area contributed by atoms with Gasteiger partial charge in [-0.05, 0) is 38.6 Å². The zero-order chi connectivity index (χ0) is 21.5. The van der Waals surface area contributed by atoms with E-state index < -0.39 is 39.1 Å². The molecule has 0 spiro atoms. The van der Waals surface area contributed by atoms with Crippen molar-refractivity contribution >= 4 is 26.9 Å². The molecule has 0 aliphatic carbocycles. The van der Waals surface area contributed by atoms with Crippen LogP contribution in [0.3, 0.4) is 0 Å². The van der Waals surface area contributed by atoms with Gasteiger partial charge in [0.25, 0.3) is 0 Å². The number of carboxylic acid groups (broad SMARTS) is 1. The molecular formula is C18H19F3O6S. The SMILES string of the molecule is Cc1cc2ccccc2c(OS(=O)(=O)C(F)(F)F)c1C(OC(C)(C)C)C(=O)O. The lowest BCUT2D eigenvalue weighted by molar-refractivity contribution is -0.160. The lowest BCUT2D eigenvalue weighted by Gasteiger charge is -2.28. The summed E-state index contributed by atoms with van der Waals surface area (Å²) in [6.07, 6.45) is -1.75. The molecule has 0 saturated heterocycles. The summed E-state index contributed by atoms with van der Waals surface area (Å²) in [7, 11) is -6.03. The van der Waals surface area contributed by atoms with Crippen LogP contribution in [0.5, 0.6) is 5.75 Å². The molecule has 0 saturated carbocycles. The highest BCUT2D eigenvalue weighted by molar-refractivity contribution is 7.88. The highest BCUT2D eigenvalue weighted by Gasteiger charge is 2.49. The first-order valence-electron chi connectivity index (χ1n) is 8.07. The maximum atomic E-state index is 12.9. The Morgan fingerprint density at radius 3 is 2.21 bits per heavy atom. The predicted octanol–water partition coefficient (Wildman–Crippen LogP) is 4.32. The minimum atomic E-state index is -6.03. The summed E-state index contributed by atoms with van der Waals surface area (Å²) in [4.78, 5) is 11.8. The van der Waals surface area contributed by atoms with Crippen LogP contribution >= 0.6 is 0 Å². The zero-order valence-electron chi connectivity index (χ0n) is 15.5. The van der Waals surface area contributed by atoms with Crippen LogP contribution in [0.2, 0.25) is 0 Å². The van der Waals surface area contributed by atoms with Crippen molar-refractivity contribution in [3.8, 4) is 5.75 Å². The van der Waals surface area contributed by atoms with E-state index in [1.807, 2.05) is 0 Å². The van der Waals surface area contributed by atoms with E-state index in [-0.39, 0.29) is 16.5 Å². The Balaban J connectivity index is 2.85. The van der Waals surface area contributed by atoms with Crippen LogP contribution in [0.25, 0.3) is 10.8 Å². The maximum Gasteiger partial charge on any atom is 0.534 e. The number of fused-ring (bicyclic) bond motifs is 1. The number of hydrogen-bond acceptors (Lipinski definition) is 5. The Labute approximate surface area is 160 Å². The molecule has 0 aliphatic rings. The second kappa shape index (κ2) is 7.25. The number of rotatable bonds is 5. The van der Waals surface area contributed by atoms with Gasteiger partial charge in [0.15, 0.2) is 11.9 Å². The summed E-state index contributed by atoms with van der Waals surface area (Å²) >= 11 is 0. The fourth-order valence-corrected chi connectivity index (χ4v) is 3.12. The van der Waals surface area contributed by atoms with E-state index in [0.29, 0.717) is 5.39 Å². The van der Waals surface area contributed by atoms with Crippen LogP contribution < -0.4 is 4.18 Å². The molecule has 1 atom stereocenters. The van der Waals surface area contributed by atoms with E-state index in [2.05, 4.69) is 4.18 Å².